The van der Waals surface area contributed by atoms with Gasteiger partial charge >= 0.3 is 0 Å². The van der Waals surface area contributed by atoms with Crippen LogP contribution in [0.3, 0.4) is 0 Å². The predicted octanol–water partition coefficient (Wildman–Crippen LogP) is 12.8. The van der Waals surface area contributed by atoms with E-state index in [1.165, 1.54) is 108 Å². The van der Waals surface area contributed by atoms with Crippen molar-refractivity contribution in [3.63, 3.8) is 0 Å². The lowest BCUT2D eigenvalue weighted by atomic mass is 9.66. The molecule has 0 saturated carbocycles. The number of hydrogen-bond acceptors (Lipinski definition) is 2. The maximum Gasteiger partial charge on any atom is 0.126 e. The van der Waals surface area contributed by atoms with E-state index in [0.717, 1.165) is 25.7 Å². The summed E-state index contributed by atoms with van der Waals surface area (Å²) in [6.45, 7) is 8.95. The summed E-state index contributed by atoms with van der Waals surface area (Å²) in [5, 5.41) is 6.93. The van der Waals surface area contributed by atoms with Crippen LogP contribution in [0.2, 0.25) is 0 Å². The van der Waals surface area contributed by atoms with Gasteiger partial charge in [-0.1, -0.05) is 110 Å². The summed E-state index contributed by atoms with van der Waals surface area (Å²) >= 11 is 0. The Morgan fingerprint density at radius 2 is 1.58 bits per heavy atom. The Balaban J connectivity index is 0.944. The molecular weight excluding hydrogens is 689 g/mol. The predicted molar refractivity (Wildman–Crippen MR) is 242 cm³/mol. The van der Waals surface area contributed by atoms with E-state index in [0.29, 0.717) is 23.7 Å². The number of nitrogens with zero attached hydrogens (tertiary/aromatic N) is 1. The third-order valence-electron chi connectivity index (χ3n) is 14.4. The maximum atomic E-state index is 4.38. The van der Waals surface area contributed by atoms with Crippen molar-refractivity contribution in [2.24, 2.45) is 23.7 Å². The first-order valence-corrected chi connectivity index (χ1v) is 22.5. The molecule has 2 aromatic rings. The molecule has 57 heavy (non-hydrogen) atoms. The second-order valence-corrected chi connectivity index (χ2v) is 18.2. The number of rotatable bonds is 9. The molecule has 1 N–H and O–H groups in total. The lowest BCUT2D eigenvalue weighted by Gasteiger charge is -2.38. The molecule has 0 bridgehead atoms. The fourth-order valence-electron chi connectivity index (χ4n) is 11.8. The number of allylic oxidation sites excluding steroid dienone is 18. The van der Waals surface area contributed by atoms with Crippen molar-refractivity contribution >= 4 is 22.5 Å². The molecule has 2 nitrogen and oxygen atoms in total. The molecule has 10 rings (SSSR count). The monoisotopic (exact) mass is 748 g/mol. The second kappa shape index (κ2) is 15.5. The van der Waals surface area contributed by atoms with Crippen LogP contribution in [0.4, 0.5) is 11.4 Å². The van der Waals surface area contributed by atoms with Crippen LogP contribution in [0.5, 0.6) is 0 Å². The quantitative estimate of drug-likeness (QED) is 0.257. The van der Waals surface area contributed by atoms with Gasteiger partial charge in [-0.05, 0) is 187 Å². The fraction of sp³-hybridized carbons (Fsp3) is 0.382. The standard InChI is InChI=1S/C55H60N2/c1-4-14-43(31-36(2)3)53-47-17-8-10-19-49(47)54(50-20-11-9-18-48(50)53)44-29-27-39-32-37(23-25-41(39)34-44)38-24-26-42-35-45(30-28-40(42)33-38)55-56-51-21-12-13-22-52(51)57(55)46-15-6-5-7-16-46/h5-6,8,10,12-13,15,17-19,21-23,25,28,30,33-34,39,42-43,50,55-56H,2,4,7,9,11,14,16,20,24,26-27,29,31-32,35H2,1,3H3. The first-order valence-electron chi connectivity index (χ1n) is 22.5. The third-order valence-corrected chi connectivity index (χ3v) is 14.4. The molecule has 2 aromatic carbocycles. The molecule has 290 valence electrons. The minimum absolute atomic E-state index is 0.192. The Kier molecular flexibility index (Phi) is 9.93. The highest BCUT2D eigenvalue weighted by molar-refractivity contribution is 5.83. The highest BCUT2D eigenvalue weighted by Crippen LogP contribution is 2.50. The van der Waals surface area contributed by atoms with E-state index in [-0.39, 0.29) is 6.17 Å². The van der Waals surface area contributed by atoms with Gasteiger partial charge < -0.3 is 10.2 Å². The van der Waals surface area contributed by atoms with Gasteiger partial charge in [0.05, 0.1) is 11.4 Å². The highest BCUT2D eigenvalue weighted by atomic mass is 15.3. The average molecular weight is 749 g/mol. The Morgan fingerprint density at radius 1 is 0.807 bits per heavy atom. The average Bonchev–Trinajstić information content (AvgIpc) is 3.65. The van der Waals surface area contributed by atoms with Crippen LogP contribution in [-0.4, -0.2) is 6.17 Å². The molecule has 7 aliphatic carbocycles. The van der Waals surface area contributed by atoms with Crippen LogP contribution < -0.4 is 20.7 Å². The Bertz CT molecular complexity index is 2410. The van der Waals surface area contributed by atoms with Crippen LogP contribution in [0.25, 0.3) is 11.1 Å². The largest absolute Gasteiger partial charge is 0.360 e. The molecule has 1 heterocycles. The van der Waals surface area contributed by atoms with E-state index in [1.807, 2.05) is 0 Å². The zero-order chi connectivity index (χ0) is 38.5. The molecule has 0 spiro atoms. The van der Waals surface area contributed by atoms with Gasteiger partial charge in [0.25, 0.3) is 0 Å². The van der Waals surface area contributed by atoms with Crippen LogP contribution in [0, 0.1) is 23.7 Å². The Morgan fingerprint density at radius 3 is 2.40 bits per heavy atom. The van der Waals surface area contributed by atoms with Crippen molar-refractivity contribution in [2.75, 3.05) is 10.2 Å². The topological polar surface area (TPSA) is 15.3 Å². The number of benzene rings is 2. The van der Waals surface area contributed by atoms with E-state index < -0.39 is 0 Å². The first-order chi connectivity index (χ1) is 28.0. The van der Waals surface area contributed by atoms with Gasteiger partial charge in [0.15, 0.2) is 0 Å². The summed E-state index contributed by atoms with van der Waals surface area (Å²) in [5.74, 6) is 2.30. The van der Waals surface area contributed by atoms with Crippen LogP contribution in [0.15, 0.2) is 166 Å². The normalized spacial score (nSPS) is 26.7. The van der Waals surface area contributed by atoms with Gasteiger partial charge in [0.1, 0.15) is 6.17 Å². The van der Waals surface area contributed by atoms with Gasteiger partial charge in [-0.3, -0.25) is 0 Å². The molecule has 5 atom stereocenters. The summed E-state index contributed by atoms with van der Waals surface area (Å²) < 4.78 is 0. The molecule has 0 amide bonds. The van der Waals surface area contributed by atoms with Crippen LogP contribution >= 0.6 is 0 Å². The third kappa shape index (κ3) is 6.77. The molecule has 0 aromatic heterocycles. The number of para-hydroxylation sites is 2. The van der Waals surface area contributed by atoms with Gasteiger partial charge in [0.2, 0.25) is 0 Å². The van der Waals surface area contributed by atoms with E-state index in [1.54, 1.807) is 39.0 Å². The van der Waals surface area contributed by atoms with Crippen molar-refractivity contribution in [3.8, 4) is 0 Å². The zero-order valence-electron chi connectivity index (χ0n) is 34.3. The molecule has 2 heteroatoms. The molecule has 8 aliphatic rings. The molecule has 0 saturated heterocycles. The SMILES string of the molecule is C=C(C)CC(CCC)C1=c2ccccc2=C(C2=CC3=CC=C(C4=CC5=CC=C(C6Nc7ccccc7N6C6=CC=CCC6)CC5CC4)CC3CC2)C2CCCC=C12. The summed E-state index contributed by atoms with van der Waals surface area (Å²) in [7, 11) is 0. The number of nitrogens with one attached hydrogen (secondary N) is 1. The summed E-state index contributed by atoms with van der Waals surface area (Å²) in [6, 6.07) is 18.3. The van der Waals surface area contributed by atoms with Crippen LogP contribution in [-0.2, 0) is 0 Å². The first kappa shape index (κ1) is 36.5. The summed E-state index contributed by atoms with van der Waals surface area (Å²) in [4.78, 5) is 2.58. The highest BCUT2D eigenvalue weighted by Gasteiger charge is 2.38. The lowest BCUT2D eigenvalue weighted by molar-refractivity contribution is 0.512. The van der Waals surface area contributed by atoms with Gasteiger partial charge in [-0.25, -0.2) is 0 Å². The van der Waals surface area contributed by atoms with Crippen LogP contribution in [0.1, 0.15) is 104 Å². The van der Waals surface area contributed by atoms with Crippen molar-refractivity contribution in [1.29, 1.82) is 0 Å². The lowest BCUT2D eigenvalue weighted by Crippen LogP contribution is -2.40. The maximum absolute atomic E-state index is 4.38. The Labute approximate surface area is 341 Å². The summed E-state index contributed by atoms with van der Waals surface area (Å²) in [5.41, 5.74) is 19.6. The van der Waals surface area contributed by atoms with E-state index in [2.05, 4.69) is 140 Å². The minimum Gasteiger partial charge on any atom is -0.360 e. The smallest absolute Gasteiger partial charge is 0.126 e. The second-order valence-electron chi connectivity index (χ2n) is 18.2. The van der Waals surface area contributed by atoms with Gasteiger partial charge in [0, 0.05) is 11.6 Å². The zero-order valence-corrected chi connectivity index (χ0v) is 34.3. The van der Waals surface area contributed by atoms with Gasteiger partial charge in [-0.2, -0.15) is 0 Å². The molecule has 5 unspecified atom stereocenters. The number of hydrogen-bond donors (Lipinski definition) is 1. The molecule has 0 fully saturated rings. The number of fused-ring (bicyclic) bond motifs is 5. The number of anilines is 2. The van der Waals surface area contributed by atoms with E-state index in [9.17, 15) is 0 Å². The molecular formula is C55H60N2. The van der Waals surface area contributed by atoms with Crippen molar-refractivity contribution in [2.45, 2.75) is 110 Å². The molecule has 1 aliphatic heterocycles. The summed E-state index contributed by atoms with van der Waals surface area (Å²) in [6.07, 6.45) is 41.5. The van der Waals surface area contributed by atoms with Crippen molar-refractivity contribution in [1.82, 2.24) is 0 Å². The molecule has 0 radical (unpaired) electrons. The van der Waals surface area contributed by atoms with E-state index in [4.69, 9.17) is 0 Å². The van der Waals surface area contributed by atoms with E-state index >= 15 is 0 Å². The minimum atomic E-state index is 0.192. The Hall–Kier alpha value is -4.82. The van der Waals surface area contributed by atoms with Gasteiger partial charge in [-0.15, -0.1) is 6.58 Å². The van der Waals surface area contributed by atoms with Crippen molar-refractivity contribution in [3.05, 3.63) is 177 Å². The van der Waals surface area contributed by atoms with Crippen molar-refractivity contribution < 1.29 is 0 Å². The fourth-order valence-corrected chi connectivity index (χ4v) is 11.8.